The Labute approximate surface area is 182 Å². The van der Waals surface area contributed by atoms with E-state index in [1.807, 2.05) is 19.6 Å². The average molecular weight is 493 g/mol. The van der Waals surface area contributed by atoms with Crippen molar-refractivity contribution >= 4 is 35.6 Å². The van der Waals surface area contributed by atoms with Gasteiger partial charge in [0.2, 0.25) is 0 Å². The van der Waals surface area contributed by atoms with E-state index in [4.69, 9.17) is 4.98 Å². The topological polar surface area (TPSA) is 62.8 Å². The Balaban J connectivity index is 0.00000225. The van der Waals surface area contributed by atoms with Gasteiger partial charge in [0.25, 0.3) is 0 Å². The zero-order valence-corrected chi connectivity index (χ0v) is 18.9. The fourth-order valence-corrected chi connectivity index (χ4v) is 3.82. The zero-order chi connectivity index (χ0) is 18.8. The van der Waals surface area contributed by atoms with Crippen LogP contribution >= 0.6 is 24.0 Å². The second kappa shape index (κ2) is 8.93. The van der Waals surface area contributed by atoms with E-state index in [-0.39, 0.29) is 24.0 Å². The first-order valence-electron chi connectivity index (χ1n) is 9.51. The van der Waals surface area contributed by atoms with Crippen molar-refractivity contribution in [3.63, 3.8) is 0 Å². The highest BCUT2D eigenvalue weighted by Crippen LogP contribution is 2.27. The summed E-state index contributed by atoms with van der Waals surface area (Å²) in [5, 5.41) is 3.49. The van der Waals surface area contributed by atoms with Gasteiger partial charge in [-0.05, 0) is 37.0 Å². The lowest BCUT2D eigenvalue weighted by Crippen LogP contribution is -2.48. The largest absolute Gasteiger partial charge is 0.351 e. The lowest BCUT2D eigenvalue weighted by Gasteiger charge is -2.39. The maximum Gasteiger partial charge on any atom is 0.194 e. The molecule has 1 aliphatic rings. The third-order valence-electron chi connectivity index (χ3n) is 5.43. The van der Waals surface area contributed by atoms with Gasteiger partial charge >= 0.3 is 0 Å². The first-order chi connectivity index (χ1) is 13.1. The van der Waals surface area contributed by atoms with Gasteiger partial charge in [-0.25, -0.2) is 9.97 Å². The minimum atomic E-state index is 0. The number of hydrogen-bond donors (Lipinski definition) is 1. The van der Waals surface area contributed by atoms with Crippen molar-refractivity contribution < 1.29 is 0 Å². The van der Waals surface area contributed by atoms with Crippen LogP contribution in [0, 0.1) is 12.8 Å². The van der Waals surface area contributed by atoms with Gasteiger partial charge in [0.15, 0.2) is 5.96 Å². The minimum Gasteiger partial charge on any atom is -0.351 e. The molecule has 150 valence electrons. The van der Waals surface area contributed by atoms with Crippen LogP contribution in [0.1, 0.15) is 30.6 Å². The molecule has 1 saturated heterocycles. The van der Waals surface area contributed by atoms with E-state index in [2.05, 4.69) is 73.7 Å². The molecule has 7 nitrogen and oxygen atoms in total. The van der Waals surface area contributed by atoms with Gasteiger partial charge in [-0.1, -0.05) is 6.92 Å². The van der Waals surface area contributed by atoms with Crippen molar-refractivity contribution in [1.82, 2.24) is 29.2 Å². The molecule has 1 fully saturated rings. The van der Waals surface area contributed by atoms with Crippen molar-refractivity contribution in [1.29, 1.82) is 0 Å². The Bertz CT molecular complexity index is 931. The molecule has 0 spiro atoms. The summed E-state index contributed by atoms with van der Waals surface area (Å²) in [6.45, 7) is 7.01. The fourth-order valence-electron chi connectivity index (χ4n) is 3.82. The molecule has 0 aliphatic carbocycles. The van der Waals surface area contributed by atoms with Crippen LogP contribution in [0.3, 0.4) is 0 Å². The number of rotatable bonds is 3. The molecule has 28 heavy (non-hydrogen) atoms. The van der Waals surface area contributed by atoms with E-state index in [1.165, 1.54) is 5.56 Å². The van der Waals surface area contributed by atoms with Crippen LogP contribution in [0.15, 0.2) is 48.2 Å². The maximum absolute atomic E-state index is 4.71. The lowest BCUT2D eigenvalue weighted by atomic mass is 9.93. The van der Waals surface area contributed by atoms with Gasteiger partial charge in [0.1, 0.15) is 5.65 Å². The minimum absolute atomic E-state index is 0. The number of nitrogens with one attached hydrogen (secondary N) is 1. The van der Waals surface area contributed by atoms with Crippen LogP contribution in [-0.4, -0.2) is 49.9 Å². The summed E-state index contributed by atoms with van der Waals surface area (Å²) in [5.74, 6) is 1.55. The van der Waals surface area contributed by atoms with E-state index < -0.39 is 0 Å². The van der Waals surface area contributed by atoms with Crippen molar-refractivity contribution in [2.75, 3.05) is 20.1 Å². The summed E-state index contributed by atoms with van der Waals surface area (Å²) in [6.07, 6.45) is 11.1. The second-order valence-electron chi connectivity index (χ2n) is 7.39. The summed E-state index contributed by atoms with van der Waals surface area (Å²) >= 11 is 0. The number of likely N-dealkylation sites (tertiary alicyclic amines) is 1. The highest BCUT2D eigenvalue weighted by Gasteiger charge is 2.28. The number of guanidine groups is 1. The van der Waals surface area contributed by atoms with Gasteiger partial charge in [0, 0.05) is 44.9 Å². The number of aliphatic imine (C=N–C) groups is 1. The van der Waals surface area contributed by atoms with Gasteiger partial charge in [-0.3, -0.25) is 4.99 Å². The van der Waals surface area contributed by atoms with Gasteiger partial charge in [-0.2, -0.15) is 0 Å². The second-order valence-corrected chi connectivity index (χ2v) is 7.39. The number of pyridine rings is 1. The third kappa shape index (κ3) is 4.31. The smallest absolute Gasteiger partial charge is 0.194 e. The quantitative estimate of drug-likeness (QED) is 0.346. The van der Waals surface area contributed by atoms with E-state index in [9.17, 15) is 0 Å². The van der Waals surface area contributed by atoms with Crippen LogP contribution in [0.5, 0.6) is 0 Å². The first-order valence-corrected chi connectivity index (χ1v) is 9.51. The van der Waals surface area contributed by atoms with Crippen LogP contribution in [0.2, 0.25) is 0 Å². The molecule has 1 aliphatic heterocycles. The van der Waals surface area contributed by atoms with Crippen LogP contribution < -0.4 is 5.32 Å². The molecular formula is C20H28IN7. The zero-order valence-electron chi connectivity index (χ0n) is 16.6. The maximum atomic E-state index is 4.71. The van der Waals surface area contributed by atoms with Crippen molar-refractivity contribution in [2.24, 2.45) is 10.9 Å². The molecule has 0 bridgehead atoms. The summed E-state index contributed by atoms with van der Waals surface area (Å²) < 4.78 is 4.28. The van der Waals surface area contributed by atoms with E-state index in [0.29, 0.717) is 18.5 Å². The van der Waals surface area contributed by atoms with E-state index in [1.54, 1.807) is 0 Å². The molecule has 0 radical (unpaired) electrons. The predicted molar refractivity (Wildman–Crippen MR) is 122 cm³/mol. The summed E-state index contributed by atoms with van der Waals surface area (Å²) in [4.78, 5) is 15.8. The predicted octanol–water partition coefficient (Wildman–Crippen LogP) is 3.12. The van der Waals surface area contributed by atoms with Crippen molar-refractivity contribution in [3.8, 4) is 0 Å². The Morgan fingerprint density at radius 3 is 2.96 bits per heavy atom. The number of halogens is 1. The average Bonchev–Trinajstić information content (AvgIpc) is 3.32. The first kappa shape index (κ1) is 20.6. The van der Waals surface area contributed by atoms with Crippen LogP contribution in [0.25, 0.3) is 5.65 Å². The van der Waals surface area contributed by atoms with Gasteiger partial charge in [-0.15, -0.1) is 24.0 Å². The molecule has 2 atom stereocenters. The third-order valence-corrected chi connectivity index (χ3v) is 5.43. The number of aryl methyl sites for hydroxylation is 1. The molecule has 3 aromatic heterocycles. The molecule has 8 heteroatoms. The van der Waals surface area contributed by atoms with E-state index in [0.717, 1.165) is 36.8 Å². The number of nitrogens with zero attached hydrogens (tertiary/aromatic N) is 6. The molecule has 0 aromatic carbocycles. The molecule has 0 amide bonds. The SMILES string of the molecule is CN=C(NCc1cn2ccc(C)cc2n1)N1CCC(C)C(n2ccnc2)C1.I. The van der Waals surface area contributed by atoms with Crippen LogP contribution in [-0.2, 0) is 6.54 Å². The van der Waals surface area contributed by atoms with Gasteiger partial charge in [0.05, 0.1) is 24.6 Å². The molecule has 4 heterocycles. The lowest BCUT2D eigenvalue weighted by molar-refractivity contribution is 0.189. The normalized spacial score (nSPS) is 20.2. The summed E-state index contributed by atoms with van der Waals surface area (Å²) in [7, 11) is 1.85. The Kier molecular flexibility index (Phi) is 6.58. The highest BCUT2D eigenvalue weighted by atomic mass is 127. The fraction of sp³-hybridized carbons (Fsp3) is 0.450. The highest BCUT2D eigenvalue weighted by molar-refractivity contribution is 14.0. The molecule has 2 unspecified atom stereocenters. The Hall–Kier alpha value is -2.10. The standard InChI is InChI=1S/C20H27N7.HI/c1-15-4-7-25-12-17(24-19(25)10-15)11-23-20(21-3)26-8-5-16(2)18(13-26)27-9-6-22-14-27;/h4,6-7,9-10,12,14,16,18H,5,8,11,13H2,1-3H3,(H,21,23);1H. The molecule has 4 rings (SSSR count). The van der Waals surface area contributed by atoms with E-state index >= 15 is 0 Å². The van der Waals surface area contributed by atoms with Crippen molar-refractivity contribution in [3.05, 3.63) is 54.5 Å². The number of aromatic nitrogens is 4. The van der Waals surface area contributed by atoms with Gasteiger partial charge < -0.3 is 19.2 Å². The number of fused-ring (bicyclic) bond motifs is 1. The number of hydrogen-bond acceptors (Lipinski definition) is 3. The molecular weight excluding hydrogens is 465 g/mol. The molecule has 0 saturated carbocycles. The monoisotopic (exact) mass is 493 g/mol. The van der Waals surface area contributed by atoms with Crippen LogP contribution in [0.4, 0.5) is 0 Å². The number of imidazole rings is 2. The summed E-state index contributed by atoms with van der Waals surface area (Å²) in [5.41, 5.74) is 3.21. The van der Waals surface area contributed by atoms with Crippen molar-refractivity contribution in [2.45, 2.75) is 32.9 Å². The Morgan fingerprint density at radius 2 is 2.21 bits per heavy atom. The molecule has 3 aromatic rings. The Morgan fingerprint density at radius 1 is 1.36 bits per heavy atom. The molecule has 1 N–H and O–H groups in total. The number of piperidine rings is 1. The summed E-state index contributed by atoms with van der Waals surface area (Å²) in [6, 6.07) is 4.61.